The van der Waals surface area contributed by atoms with Crippen molar-refractivity contribution in [2.24, 2.45) is 5.92 Å². The summed E-state index contributed by atoms with van der Waals surface area (Å²) in [7, 11) is 0. The lowest BCUT2D eigenvalue weighted by Crippen LogP contribution is -2.52. The van der Waals surface area contributed by atoms with Crippen molar-refractivity contribution in [1.29, 1.82) is 0 Å². The number of carbonyl (C=O) groups excluding carboxylic acids is 2. The number of hydrogen-bond donors (Lipinski definition) is 2. The fourth-order valence-electron chi connectivity index (χ4n) is 4.48. The van der Waals surface area contributed by atoms with Crippen molar-refractivity contribution in [2.45, 2.75) is 52.0 Å². The first-order chi connectivity index (χ1) is 16.4. The molecule has 0 saturated carbocycles. The van der Waals surface area contributed by atoms with Gasteiger partial charge in [0.15, 0.2) is 0 Å². The van der Waals surface area contributed by atoms with Gasteiger partial charge in [-0.2, -0.15) is 0 Å². The Bertz CT molecular complexity index is 976. The number of carbonyl (C=O) groups is 3. The molecule has 0 fully saturated rings. The predicted molar refractivity (Wildman–Crippen MR) is 131 cm³/mol. The number of carboxylic acid groups (broad SMARTS) is 1. The Morgan fingerprint density at radius 2 is 1.59 bits per heavy atom. The van der Waals surface area contributed by atoms with Crippen LogP contribution in [0.5, 0.6) is 0 Å². The van der Waals surface area contributed by atoms with Crippen molar-refractivity contribution in [3.63, 3.8) is 0 Å². The summed E-state index contributed by atoms with van der Waals surface area (Å²) in [6.07, 6.45) is 0.599. The van der Waals surface area contributed by atoms with Gasteiger partial charge < -0.3 is 20.1 Å². The second kappa shape index (κ2) is 11.7. The predicted octanol–water partition coefficient (Wildman–Crippen LogP) is 4.65. The van der Waals surface area contributed by atoms with Crippen LogP contribution in [0.4, 0.5) is 4.79 Å². The molecule has 0 bridgehead atoms. The summed E-state index contributed by atoms with van der Waals surface area (Å²) in [5.74, 6) is -1.43. The van der Waals surface area contributed by atoms with E-state index >= 15 is 0 Å². The van der Waals surface area contributed by atoms with E-state index in [-0.39, 0.29) is 37.3 Å². The molecule has 2 unspecified atom stereocenters. The maximum atomic E-state index is 13.2. The standard InChI is InChI=1S/C27H34N2O5/c1-4-15-29(16-14-24(30)31)26(32)25(18(3)5-2)28-27(33)34-17-23-21-12-8-6-10-19(21)20-11-7-9-13-22(20)23/h6-13,18,23,25H,4-5,14-17H2,1-3H3,(H,28,33)(H,30,31). The zero-order chi connectivity index (χ0) is 24.7. The number of rotatable bonds is 11. The van der Waals surface area contributed by atoms with Crippen molar-refractivity contribution in [3.8, 4) is 11.1 Å². The molecule has 0 spiro atoms. The number of fused-ring (bicyclic) bond motifs is 3. The molecule has 3 rings (SSSR count). The second-order valence-electron chi connectivity index (χ2n) is 8.80. The summed E-state index contributed by atoms with van der Waals surface area (Å²) in [5.41, 5.74) is 4.53. The Morgan fingerprint density at radius 3 is 2.12 bits per heavy atom. The Kier molecular flexibility index (Phi) is 8.68. The second-order valence-corrected chi connectivity index (χ2v) is 8.80. The minimum absolute atomic E-state index is 0.0666. The number of carboxylic acids is 1. The fourth-order valence-corrected chi connectivity index (χ4v) is 4.48. The van der Waals surface area contributed by atoms with Crippen LogP contribution < -0.4 is 5.32 Å². The van der Waals surface area contributed by atoms with Gasteiger partial charge in [0.05, 0.1) is 6.42 Å². The maximum absolute atomic E-state index is 13.2. The van der Waals surface area contributed by atoms with E-state index in [4.69, 9.17) is 9.84 Å². The van der Waals surface area contributed by atoms with E-state index in [2.05, 4.69) is 29.6 Å². The lowest BCUT2D eigenvalue weighted by molar-refractivity contribution is -0.139. The Balaban J connectivity index is 1.70. The van der Waals surface area contributed by atoms with Crippen molar-refractivity contribution in [2.75, 3.05) is 19.7 Å². The van der Waals surface area contributed by atoms with Crippen LogP contribution in [0.15, 0.2) is 48.5 Å². The van der Waals surface area contributed by atoms with Crippen molar-refractivity contribution < 1.29 is 24.2 Å². The van der Waals surface area contributed by atoms with E-state index in [1.54, 1.807) is 0 Å². The zero-order valence-electron chi connectivity index (χ0n) is 20.1. The van der Waals surface area contributed by atoms with Gasteiger partial charge in [-0.1, -0.05) is 75.7 Å². The molecule has 2 aromatic carbocycles. The lowest BCUT2D eigenvalue weighted by Gasteiger charge is -2.30. The normalized spacial score (nSPS) is 14.0. The molecule has 0 aliphatic heterocycles. The van der Waals surface area contributed by atoms with Crippen LogP contribution in [0.2, 0.25) is 0 Å². The van der Waals surface area contributed by atoms with Gasteiger partial charge in [-0.3, -0.25) is 9.59 Å². The molecule has 7 heteroatoms. The minimum Gasteiger partial charge on any atom is -0.481 e. The molecule has 2 atom stereocenters. The van der Waals surface area contributed by atoms with E-state index in [1.165, 1.54) is 4.90 Å². The van der Waals surface area contributed by atoms with Crippen molar-refractivity contribution >= 4 is 18.0 Å². The molecule has 2 amide bonds. The van der Waals surface area contributed by atoms with Crippen LogP contribution in [0, 0.1) is 5.92 Å². The molecule has 0 heterocycles. The molecular weight excluding hydrogens is 432 g/mol. The first kappa shape index (κ1) is 25.3. The third kappa shape index (κ3) is 5.76. The van der Waals surface area contributed by atoms with Gasteiger partial charge in [0, 0.05) is 19.0 Å². The average molecular weight is 467 g/mol. The van der Waals surface area contributed by atoms with Crippen LogP contribution in [0.1, 0.15) is 57.1 Å². The van der Waals surface area contributed by atoms with E-state index in [0.717, 1.165) is 22.3 Å². The third-order valence-corrected chi connectivity index (χ3v) is 6.50. The van der Waals surface area contributed by atoms with Crippen LogP contribution >= 0.6 is 0 Å². The Morgan fingerprint density at radius 1 is 1.00 bits per heavy atom. The topological polar surface area (TPSA) is 95.9 Å². The summed E-state index contributed by atoms with van der Waals surface area (Å²) in [5, 5.41) is 11.8. The summed E-state index contributed by atoms with van der Waals surface area (Å²) >= 11 is 0. The molecular formula is C27H34N2O5. The van der Waals surface area contributed by atoms with Crippen LogP contribution in [0.3, 0.4) is 0 Å². The fraction of sp³-hybridized carbons (Fsp3) is 0.444. The average Bonchev–Trinajstić information content (AvgIpc) is 3.16. The molecule has 7 nitrogen and oxygen atoms in total. The van der Waals surface area contributed by atoms with Crippen LogP contribution in [-0.2, 0) is 14.3 Å². The summed E-state index contributed by atoms with van der Waals surface area (Å²) < 4.78 is 5.64. The number of aliphatic carboxylic acids is 1. The first-order valence-corrected chi connectivity index (χ1v) is 12.0. The van der Waals surface area contributed by atoms with Crippen molar-refractivity contribution in [3.05, 3.63) is 59.7 Å². The molecule has 34 heavy (non-hydrogen) atoms. The molecule has 0 saturated heterocycles. The Hall–Kier alpha value is -3.35. The molecule has 182 valence electrons. The monoisotopic (exact) mass is 466 g/mol. The minimum atomic E-state index is -0.960. The number of nitrogens with zero attached hydrogens (tertiary/aromatic N) is 1. The molecule has 2 N–H and O–H groups in total. The van der Waals surface area contributed by atoms with Crippen LogP contribution in [0.25, 0.3) is 11.1 Å². The Labute approximate surface area is 201 Å². The molecule has 2 aromatic rings. The lowest BCUT2D eigenvalue weighted by atomic mass is 9.97. The zero-order valence-corrected chi connectivity index (χ0v) is 20.1. The number of alkyl carbamates (subject to hydrolysis) is 1. The maximum Gasteiger partial charge on any atom is 0.407 e. The van der Waals surface area contributed by atoms with E-state index in [9.17, 15) is 14.4 Å². The summed E-state index contributed by atoms with van der Waals surface area (Å²) in [6.45, 7) is 6.49. The van der Waals surface area contributed by atoms with Crippen LogP contribution in [-0.4, -0.2) is 53.7 Å². The SMILES string of the molecule is CCCN(CCC(=O)O)C(=O)C(NC(=O)OCC1c2ccccc2-c2ccccc21)C(C)CC. The van der Waals surface area contributed by atoms with Gasteiger partial charge in [-0.25, -0.2) is 4.79 Å². The van der Waals surface area contributed by atoms with Gasteiger partial charge >= 0.3 is 12.1 Å². The highest BCUT2D eigenvalue weighted by Crippen LogP contribution is 2.44. The number of nitrogens with one attached hydrogen (secondary N) is 1. The molecule has 0 radical (unpaired) electrons. The number of amides is 2. The van der Waals surface area contributed by atoms with Gasteiger partial charge in [0.2, 0.25) is 5.91 Å². The molecule has 1 aliphatic carbocycles. The van der Waals surface area contributed by atoms with Gasteiger partial charge in [-0.15, -0.1) is 0 Å². The molecule has 0 aromatic heterocycles. The number of hydrogen-bond acceptors (Lipinski definition) is 4. The third-order valence-electron chi connectivity index (χ3n) is 6.50. The summed E-state index contributed by atoms with van der Waals surface area (Å²) in [4.78, 5) is 38.6. The summed E-state index contributed by atoms with van der Waals surface area (Å²) in [6, 6.07) is 15.4. The number of ether oxygens (including phenoxy) is 1. The molecule has 1 aliphatic rings. The quantitative estimate of drug-likeness (QED) is 0.502. The van der Waals surface area contributed by atoms with Gasteiger partial charge in [0.25, 0.3) is 0 Å². The highest BCUT2D eigenvalue weighted by atomic mass is 16.5. The highest BCUT2D eigenvalue weighted by Gasteiger charge is 2.32. The number of benzene rings is 2. The van der Waals surface area contributed by atoms with E-state index in [1.807, 2.05) is 45.0 Å². The smallest absolute Gasteiger partial charge is 0.407 e. The largest absolute Gasteiger partial charge is 0.481 e. The highest BCUT2D eigenvalue weighted by molar-refractivity contribution is 5.86. The van der Waals surface area contributed by atoms with Gasteiger partial charge in [-0.05, 0) is 34.6 Å². The van der Waals surface area contributed by atoms with Gasteiger partial charge in [0.1, 0.15) is 12.6 Å². The van der Waals surface area contributed by atoms with E-state index in [0.29, 0.717) is 19.4 Å². The van der Waals surface area contributed by atoms with Crippen molar-refractivity contribution in [1.82, 2.24) is 10.2 Å². The first-order valence-electron chi connectivity index (χ1n) is 12.0. The van der Waals surface area contributed by atoms with E-state index < -0.39 is 18.1 Å².